The topological polar surface area (TPSA) is 63.3 Å². The number of hydrogen-bond donors (Lipinski definition) is 2. The van der Waals surface area contributed by atoms with E-state index in [1.807, 2.05) is 42.5 Å². The minimum atomic E-state index is -0.833. The molecule has 2 rings (SSSR count). The number of carboxylic acid groups (broad SMARTS) is 1. The van der Waals surface area contributed by atoms with Crippen LogP contribution >= 0.6 is 12.4 Å². The van der Waals surface area contributed by atoms with Gasteiger partial charge >= 0.3 is 5.97 Å². The minimum absolute atomic E-state index is 0. The van der Waals surface area contributed by atoms with Crippen LogP contribution in [0.5, 0.6) is 0 Å². The zero-order valence-electron chi connectivity index (χ0n) is 9.87. The summed E-state index contributed by atoms with van der Waals surface area (Å²) in [5, 5.41) is 11.3. The predicted molar refractivity (Wildman–Crippen MR) is 75.1 cm³/mol. The molecule has 0 aromatic heterocycles. The second-order valence-electron chi connectivity index (χ2n) is 4.11. The number of aliphatic carboxylic acids is 1. The van der Waals surface area contributed by atoms with Gasteiger partial charge in [-0.1, -0.05) is 42.5 Å². The summed E-state index contributed by atoms with van der Waals surface area (Å²) in [7, 11) is 0. The van der Waals surface area contributed by atoms with Crippen molar-refractivity contribution in [3.8, 4) is 0 Å². The summed E-state index contributed by atoms with van der Waals surface area (Å²) in [6.45, 7) is 0.165. The summed E-state index contributed by atoms with van der Waals surface area (Å²) in [6, 6.07) is 13.9. The fourth-order valence-corrected chi connectivity index (χ4v) is 2.01. The molecule has 0 bridgehead atoms. The molecule has 0 fully saturated rings. The largest absolute Gasteiger partial charge is 0.481 e. The molecule has 0 heterocycles. The zero-order valence-corrected chi connectivity index (χ0v) is 10.7. The Labute approximate surface area is 112 Å². The Balaban J connectivity index is 0.00000162. The number of carboxylic acids is 1. The molecule has 0 amide bonds. The normalized spacial score (nSPS) is 11.8. The van der Waals surface area contributed by atoms with E-state index in [1.165, 1.54) is 0 Å². The first-order valence-electron chi connectivity index (χ1n) is 5.62. The number of hydrogen-bond acceptors (Lipinski definition) is 2. The maximum atomic E-state index is 11.0. The van der Waals surface area contributed by atoms with Crippen LogP contribution in [0.4, 0.5) is 0 Å². The second kappa shape index (κ2) is 6.38. The van der Waals surface area contributed by atoms with Gasteiger partial charge in [0.1, 0.15) is 0 Å². The molecule has 1 unspecified atom stereocenters. The van der Waals surface area contributed by atoms with Gasteiger partial charge in [-0.05, 0) is 22.8 Å². The van der Waals surface area contributed by atoms with Crippen LogP contribution in [-0.4, -0.2) is 17.6 Å². The molecule has 3 nitrogen and oxygen atoms in total. The third-order valence-corrected chi connectivity index (χ3v) is 2.98. The second-order valence-corrected chi connectivity index (χ2v) is 4.11. The van der Waals surface area contributed by atoms with Crippen LogP contribution in [0.25, 0.3) is 10.8 Å². The van der Waals surface area contributed by atoms with Crippen LogP contribution < -0.4 is 5.73 Å². The fourth-order valence-electron chi connectivity index (χ4n) is 2.01. The lowest BCUT2D eigenvalue weighted by Crippen LogP contribution is -2.25. The number of halogens is 1. The van der Waals surface area contributed by atoms with Crippen molar-refractivity contribution in [2.75, 3.05) is 6.54 Å². The molecule has 18 heavy (non-hydrogen) atoms. The molecule has 3 N–H and O–H groups in total. The van der Waals surface area contributed by atoms with Gasteiger partial charge in [0.15, 0.2) is 0 Å². The summed E-state index contributed by atoms with van der Waals surface area (Å²) in [5.41, 5.74) is 6.53. The van der Waals surface area contributed by atoms with Crippen molar-refractivity contribution in [3.05, 3.63) is 48.0 Å². The van der Waals surface area contributed by atoms with E-state index in [0.717, 1.165) is 16.3 Å². The van der Waals surface area contributed by atoms with E-state index in [4.69, 9.17) is 10.8 Å². The lowest BCUT2D eigenvalue weighted by atomic mass is 9.95. The van der Waals surface area contributed by atoms with Gasteiger partial charge in [-0.25, -0.2) is 0 Å². The Bertz CT molecular complexity index is 537. The summed E-state index contributed by atoms with van der Waals surface area (Å²) >= 11 is 0. The van der Waals surface area contributed by atoms with Gasteiger partial charge in [0.2, 0.25) is 0 Å². The minimum Gasteiger partial charge on any atom is -0.481 e. The van der Waals surface area contributed by atoms with Gasteiger partial charge in [0.05, 0.1) is 5.92 Å². The van der Waals surface area contributed by atoms with Crippen molar-refractivity contribution in [2.24, 2.45) is 11.7 Å². The van der Waals surface area contributed by atoms with Crippen molar-refractivity contribution in [2.45, 2.75) is 6.42 Å². The molecule has 0 saturated carbocycles. The van der Waals surface area contributed by atoms with E-state index in [1.54, 1.807) is 0 Å². The molecule has 0 radical (unpaired) electrons. The Morgan fingerprint density at radius 2 is 1.83 bits per heavy atom. The fraction of sp³-hybridized carbons (Fsp3) is 0.214. The highest BCUT2D eigenvalue weighted by atomic mass is 35.5. The molecule has 0 aliphatic heterocycles. The summed E-state index contributed by atoms with van der Waals surface area (Å²) in [5.74, 6) is -1.35. The van der Waals surface area contributed by atoms with Gasteiger partial charge in [0, 0.05) is 6.54 Å². The Kier molecular flexibility index (Phi) is 5.13. The Morgan fingerprint density at radius 1 is 1.17 bits per heavy atom. The van der Waals surface area contributed by atoms with Crippen molar-refractivity contribution in [3.63, 3.8) is 0 Å². The molecule has 0 saturated heterocycles. The van der Waals surface area contributed by atoms with Crippen molar-refractivity contribution in [1.82, 2.24) is 0 Å². The first-order chi connectivity index (χ1) is 8.22. The summed E-state index contributed by atoms with van der Waals surface area (Å²) in [6.07, 6.45) is 0.479. The third-order valence-electron chi connectivity index (χ3n) is 2.98. The highest BCUT2D eigenvalue weighted by molar-refractivity contribution is 5.86. The lowest BCUT2D eigenvalue weighted by Gasteiger charge is -2.11. The SMILES string of the molecule is Cl.NCC(Cc1cccc2ccccc12)C(=O)O. The van der Waals surface area contributed by atoms with Crippen LogP contribution in [-0.2, 0) is 11.2 Å². The average molecular weight is 266 g/mol. The molecular weight excluding hydrogens is 250 g/mol. The van der Waals surface area contributed by atoms with Gasteiger partial charge in [-0.2, -0.15) is 0 Å². The first kappa shape index (κ1) is 14.5. The van der Waals surface area contributed by atoms with E-state index >= 15 is 0 Å². The summed E-state index contributed by atoms with van der Waals surface area (Å²) in [4.78, 5) is 11.0. The number of rotatable bonds is 4. The average Bonchev–Trinajstić information content (AvgIpc) is 2.35. The van der Waals surface area contributed by atoms with Crippen LogP contribution in [0.1, 0.15) is 5.56 Å². The van der Waals surface area contributed by atoms with Crippen LogP contribution in [0.3, 0.4) is 0 Å². The standard InChI is InChI=1S/C14H15NO2.ClH/c15-9-12(14(16)17)8-11-6-3-5-10-4-1-2-7-13(10)11;/h1-7,12H,8-9,15H2,(H,16,17);1H. The molecule has 0 aliphatic rings. The van der Waals surface area contributed by atoms with Gasteiger partial charge in [0.25, 0.3) is 0 Å². The molecule has 1 atom stereocenters. The number of benzene rings is 2. The van der Waals surface area contributed by atoms with E-state index in [2.05, 4.69) is 0 Å². The maximum Gasteiger partial charge on any atom is 0.308 e. The highest BCUT2D eigenvalue weighted by Gasteiger charge is 2.16. The van der Waals surface area contributed by atoms with E-state index in [0.29, 0.717) is 6.42 Å². The van der Waals surface area contributed by atoms with Gasteiger partial charge in [-0.3, -0.25) is 4.79 Å². The Hall–Kier alpha value is -1.58. The summed E-state index contributed by atoms with van der Waals surface area (Å²) < 4.78 is 0. The quantitative estimate of drug-likeness (QED) is 0.893. The first-order valence-corrected chi connectivity index (χ1v) is 5.62. The zero-order chi connectivity index (χ0) is 12.3. The van der Waals surface area contributed by atoms with Crippen LogP contribution in [0.15, 0.2) is 42.5 Å². The van der Waals surface area contributed by atoms with Crippen LogP contribution in [0.2, 0.25) is 0 Å². The smallest absolute Gasteiger partial charge is 0.308 e. The van der Waals surface area contributed by atoms with E-state index in [9.17, 15) is 4.79 Å². The molecule has 96 valence electrons. The van der Waals surface area contributed by atoms with Crippen molar-refractivity contribution >= 4 is 29.1 Å². The highest BCUT2D eigenvalue weighted by Crippen LogP contribution is 2.21. The van der Waals surface area contributed by atoms with E-state index < -0.39 is 11.9 Å². The Morgan fingerprint density at radius 3 is 2.50 bits per heavy atom. The monoisotopic (exact) mass is 265 g/mol. The van der Waals surface area contributed by atoms with Gasteiger partial charge in [-0.15, -0.1) is 12.4 Å². The number of nitrogens with two attached hydrogens (primary N) is 1. The maximum absolute atomic E-state index is 11.0. The molecule has 0 aliphatic carbocycles. The predicted octanol–water partition coefficient (Wildman–Crippen LogP) is 2.46. The molecule has 2 aromatic rings. The number of fused-ring (bicyclic) bond motifs is 1. The molecule has 0 spiro atoms. The van der Waals surface area contributed by atoms with Crippen molar-refractivity contribution < 1.29 is 9.90 Å². The number of carbonyl (C=O) groups is 1. The van der Waals surface area contributed by atoms with Crippen molar-refractivity contribution in [1.29, 1.82) is 0 Å². The van der Waals surface area contributed by atoms with E-state index in [-0.39, 0.29) is 19.0 Å². The lowest BCUT2D eigenvalue weighted by molar-refractivity contribution is -0.141. The molecular formula is C14H16ClNO2. The molecule has 4 heteroatoms. The third kappa shape index (κ3) is 3.00. The molecule has 2 aromatic carbocycles. The van der Waals surface area contributed by atoms with Crippen LogP contribution in [0, 0.1) is 5.92 Å². The van der Waals surface area contributed by atoms with Gasteiger partial charge < -0.3 is 10.8 Å².